The van der Waals surface area contributed by atoms with E-state index in [1.807, 2.05) is 6.92 Å². The fourth-order valence-corrected chi connectivity index (χ4v) is 1.91. The van der Waals surface area contributed by atoms with Crippen molar-refractivity contribution >= 4 is 5.78 Å². The van der Waals surface area contributed by atoms with Crippen molar-refractivity contribution < 1.29 is 18.3 Å². The summed E-state index contributed by atoms with van der Waals surface area (Å²) in [6.45, 7) is 2.31. The molecule has 0 amide bonds. The summed E-state index contributed by atoms with van der Waals surface area (Å²) in [6, 6.07) is 3.40. The van der Waals surface area contributed by atoms with Crippen molar-refractivity contribution in [3.05, 3.63) is 35.4 Å². The lowest BCUT2D eigenvalue weighted by Crippen LogP contribution is -2.27. The van der Waals surface area contributed by atoms with Gasteiger partial charge in [-0.3, -0.25) is 4.79 Å². The van der Waals surface area contributed by atoms with E-state index in [1.54, 1.807) is 0 Å². The van der Waals surface area contributed by atoms with Gasteiger partial charge in [-0.15, -0.1) is 0 Å². The second-order valence-electron chi connectivity index (χ2n) is 4.02. The third-order valence-electron chi connectivity index (χ3n) is 2.86. The molecule has 0 spiro atoms. The van der Waals surface area contributed by atoms with Crippen LogP contribution in [0.5, 0.6) is 0 Å². The Morgan fingerprint density at radius 2 is 2.00 bits per heavy atom. The molecule has 1 saturated heterocycles. The van der Waals surface area contributed by atoms with E-state index in [0.29, 0.717) is 6.61 Å². The summed E-state index contributed by atoms with van der Waals surface area (Å²) in [7, 11) is 0. The Hall–Kier alpha value is -1.29. The van der Waals surface area contributed by atoms with Crippen molar-refractivity contribution in [2.75, 3.05) is 6.61 Å². The fourth-order valence-electron chi connectivity index (χ4n) is 1.91. The molecule has 0 bridgehead atoms. The molecule has 0 N–H and O–H groups in total. The summed E-state index contributed by atoms with van der Waals surface area (Å²) in [6.07, 6.45) is 0.0262. The lowest BCUT2D eigenvalue weighted by atomic mass is 9.95. The Morgan fingerprint density at radius 1 is 1.38 bits per heavy atom. The quantitative estimate of drug-likeness (QED) is 0.724. The van der Waals surface area contributed by atoms with Crippen LogP contribution in [0.4, 0.5) is 8.78 Å². The molecule has 1 aliphatic heterocycles. The molecular formula is C12H12F2O2. The molecule has 1 aromatic rings. The average molecular weight is 226 g/mol. The van der Waals surface area contributed by atoms with Gasteiger partial charge in [0, 0.05) is 6.61 Å². The number of ether oxygens (including phenoxy) is 1. The van der Waals surface area contributed by atoms with Gasteiger partial charge < -0.3 is 4.74 Å². The van der Waals surface area contributed by atoms with Crippen molar-refractivity contribution in [2.45, 2.75) is 19.4 Å². The van der Waals surface area contributed by atoms with Crippen LogP contribution in [0.1, 0.15) is 23.7 Å². The average Bonchev–Trinajstić information content (AvgIpc) is 2.64. The van der Waals surface area contributed by atoms with E-state index in [9.17, 15) is 13.6 Å². The first kappa shape index (κ1) is 11.2. The smallest absolute Gasteiger partial charge is 0.197 e. The minimum atomic E-state index is -0.826. The zero-order valence-corrected chi connectivity index (χ0v) is 8.87. The van der Waals surface area contributed by atoms with E-state index in [-0.39, 0.29) is 5.92 Å². The van der Waals surface area contributed by atoms with Crippen LogP contribution in [0.15, 0.2) is 18.2 Å². The van der Waals surface area contributed by atoms with Crippen molar-refractivity contribution in [3.8, 4) is 0 Å². The summed E-state index contributed by atoms with van der Waals surface area (Å²) in [5, 5.41) is 0. The van der Waals surface area contributed by atoms with Gasteiger partial charge >= 0.3 is 0 Å². The zero-order chi connectivity index (χ0) is 11.7. The van der Waals surface area contributed by atoms with Gasteiger partial charge in [0.1, 0.15) is 17.7 Å². The van der Waals surface area contributed by atoms with E-state index in [1.165, 1.54) is 6.07 Å². The number of carbonyl (C=O) groups excluding carboxylic acids is 1. The van der Waals surface area contributed by atoms with E-state index >= 15 is 0 Å². The number of halogens is 2. The largest absolute Gasteiger partial charge is 0.370 e. The van der Waals surface area contributed by atoms with Crippen molar-refractivity contribution in [3.63, 3.8) is 0 Å². The van der Waals surface area contributed by atoms with Gasteiger partial charge in [-0.05, 0) is 24.5 Å². The van der Waals surface area contributed by atoms with Crippen LogP contribution in [0, 0.1) is 17.6 Å². The first-order valence-corrected chi connectivity index (χ1v) is 5.21. The van der Waals surface area contributed by atoms with E-state index < -0.39 is 29.1 Å². The fraction of sp³-hybridized carbons (Fsp3) is 0.417. The van der Waals surface area contributed by atoms with Crippen LogP contribution in [0.25, 0.3) is 0 Å². The molecule has 86 valence electrons. The molecular weight excluding hydrogens is 214 g/mol. The SMILES string of the molecule is CC1CCOC1C(=O)c1c(F)cccc1F. The van der Waals surface area contributed by atoms with Crippen LogP contribution < -0.4 is 0 Å². The molecule has 1 aliphatic rings. The number of hydrogen-bond donors (Lipinski definition) is 0. The predicted octanol–water partition coefficient (Wildman–Crippen LogP) is 2.57. The number of hydrogen-bond acceptors (Lipinski definition) is 2. The Morgan fingerprint density at radius 3 is 2.50 bits per heavy atom. The summed E-state index contributed by atoms with van der Waals surface area (Å²) in [4.78, 5) is 11.9. The molecule has 0 saturated carbocycles. The minimum Gasteiger partial charge on any atom is -0.370 e. The predicted molar refractivity (Wildman–Crippen MR) is 54.2 cm³/mol. The normalized spacial score (nSPS) is 24.7. The maximum Gasteiger partial charge on any atom is 0.197 e. The van der Waals surface area contributed by atoms with Gasteiger partial charge in [0.2, 0.25) is 0 Å². The summed E-state index contributed by atoms with van der Waals surface area (Å²) in [5.41, 5.74) is -0.485. The Kier molecular flexibility index (Phi) is 3.01. The van der Waals surface area contributed by atoms with E-state index in [2.05, 4.69) is 0 Å². The van der Waals surface area contributed by atoms with Crippen LogP contribution in [-0.4, -0.2) is 18.5 Å². The maximum atomic E-state index is 13.4. The van der Waals surface area contributed by atoms with Gasteiger partial charge in [0.15, 0.2) is 5.78 Å². The van der Waals surface area contributed by atoms with Crippen LogP contribution >= 0.6 is 0 Å². The summed E-state index contributed by atoms with van der Waals surface area (Å²) >= 11 is 0. The standard InChI is InChI=1S/C12H12F2O2/c1-7-5-6-16-12(7)11(15)10-8(13)3-2-4-9(10)14/h2-4,7,12H,5-6H2,1H3. The first-order valence-electron chi connectivity index (χ1n) is 5.21. The van der Waals surface area contributed by atoms with Gasteiger partial charge in [0.05, 0.1) is 5.56 Å². The molecule has 2 rings (SSSR count). The minimum absolute atomic E-state index is 0.00602. The van der Waals surface area contributed by atoms with Gasteiger partial charge in [-0.25, -0.2) is 8.78 Å². The highest BCUT2D eigenvalue weighted by Crippen LogP contribution is 2.25. The number of rotatable bonds is 2. The van der Waals surface area contributed by atoms with Gasteiger partial charge in [-0.1, -0.05) is 13.0 Å². The van der Waals surface area contributed by atoms with Crippen LogP contribution in [-0.2, 0) is 4.74 Å². The van der Waals surface area contributed by atoms with Gasteiger partial charge in [-0.2, -0.15) is 0 Å². The Labute approximate surface area is 92.2 Å². The zero-order valence-electron chi connectivity index (χ0n) is 8.87. The Balaban J connectivity index is 2.33. The monoisotopic (exact) mass is 226 g/mol. The molecule has 0 aromatic heterocycles. The molecule has 2 nitrogen and oxygen atoms in total. The highest BCUT2D eigenvalue weighted by atomic mass is 19.1. The van der Waals surface area contributed by atoms with Crippen LogP contribution in [0.3, 0.4) is 0 Å². The lowest BCUT2D eigenvalue weighted by molar-refractivity contribution is 0.0571. The first-order chi connectivity index (χ1) is 7.61. The van der Waals surface area contributed by atoms with E-state index in [0.717, 1.165) is 18.6 Å². The molecule has 0 aliphatic carbocycles. The van der Waals surface area contributed by atoms with Gasteiger partial charge in [0.25, 0.3) is 0 Å². The number of carbonyl (C=O) groups is 1. The molecule has 2 atom stereocenters. The van der Waals surface area contributed by atoms with Crippen molar-refractivity contribution in [1.82, 2.24) is 0 Å². The Bertz CT molecular complexity index is 397. The third-order valence-corrected chi connectivity index (χ3v) is 2.86. The van der Waals surface area contributed by atoms with Crippen LogP contribution in [0.2, 0.25) is 0 Å². The van der Waals surface area contributed by atoms with Crippen molar-refractivity contribution in [1.29, 1.82) is 0 Å². The topological polar surface area (TPSA) is 26.3 Å². The lowest BCUT2D eigenvalue weighted by Gasteiger charge is -2.13. The molecule has 4 heteroatoms. The third kappa shape index (κ3) is 1.85. The molecule has 2 unspecified atom stereocenters. The second-order valence-corrected chi connectivity index (χ2v) is 4.02. The highest BCUT2D eigenvalue weighted by Gasteiger charge is 2.34. The number of benzene rings is 1. The number of Topliss-reactive ketones (excluding diaryl/α,β-unsaturated/α-hetero) is 1. The molecule has 16 heavy (non-hydrogen) atoms. The molecule has 1 aromatic carbocycles. The number of ketones is 1. The van der Waals surface area contributed by atoms with Crippen molar-refractivity contribution in [2.24, 2.45) is 5.92 Å². The van der Waals surface area contributed by atoms with E-state index in [4.69, 9.17) is 4.74 Å². The summed E-state index contributed by atoms with van der Waals surface area (Å²) in [5.74, 6) is -2.24. The second kappa shape index (κ2) is 4.29. The molecule has 1 heterocycles. The highest BCUT2D eigenvalue weighted by molar-refractivity contribution is 6.00. The molecule has 1 fully saturated rings. The summed E-state index contributed by atoms with van der Waals surface area (Å²) < 4.78 is 31.9. The maximum absolute atomic E-state index is 13.4. The molecule has 0 radical (unpaired) electrons.